The van der Waals surface area contributed by atoms with Gasteiger partial charge in [-0.3, -0.25) is 14.4 Å². The molecular formula is C27H40N2O7. The first-order chi connectivity index (χ1) is 17.5. The van der Waals surface area contributed by atoms with Crippen molar-refractivity contribution in [2.75, 3.05) is 39.6 Å². The van der Waals surface area contributed by atoms with Crippen LogP contribution in [0.15, 0.2) is 55.6 Å². The molecule has 1 aromatic carbocycles. The van der Waals surface area contributed by atoms with E-state index in [0.717, 1.165) is 5.56 Å². The van der Waals surface area contributed by atoms with Gasteiger partial charge in [0.15, 0.2) is 0 Å². The smallest absolute Gasteiger partial charge is 0.305 e. The van der Waals surface area contributed by atoms with Crippen molar-refractivity contribution in [3.63, 3.8) is 0 Å². The zero-order chi connectivity index (χ0) is 26.4. The number of rotatable bonds is 21. The molecule has 2 atom stereocenters. The number of hydrogen-bond donors (Lipinski definition) is 3. The standard InChI is InChI=1S/C27H40N2O7/c1-3-5-7-13-26(32)36-21-24(20-35-19-22-11-8-6-9-12-22)29-27(33)23(10-4-2)18-25(31)28-14-16-34-17-15-30/h3-4,6,8-9,11-12,23-24,30H,1-2,5,7,10,13-21H2,(H,28,31)(H,29,33). The second-order valence-corrected chi connectivity index (χ2v) is 8.18. The SMILES string of the molecule is C=CCCCC(=O)OCC(COCc1ccccc1)NC(=O)C(CC=C)CC(=O)NCCOCCO. The lowest BCUT2D eigenvalue weighted by Gasteiger charge is -2.22. The highest BCUT2D eigenvalue weighted by Gasteiger charge is 2.24. The molecule has 9 nitrogen and oxygen atoms in total. The minimum Gasteiger partial charge on any atom is -0.463 e. The minimum absolute atomic E-state index is 0.0310. The third kappa shape index (κ3) is 15.1. The quantitative estimate of drug-likeness (QED) is 0.133. The maximum atomic E-state index is 13.0. The van der Waals surface area contributed by atoms with E-state index in [1.807, 2.05) is 30.3 Å². The van der Waals surface area contributed by atoms with Gasteiger partial charge in [-0.2, -0.15) is 0 Å². The van der Waals surface area contributed by atoms with Crippen molar-refractivity contribution in [3.05, 3.63) is 61.2 Å². The highest BCUT2D eigenvalue weighted by Crippen LogP contribution is 2.11. The molecule has 36 heavy (non-hydrogen) atoms. The average Bonchev–Trinajstić information content (AvgIpc) is 2.87. The predicted molar refractivity (Wildman–Crippen MR) is 137 cm³/mol. The summed E-state index contributed by atoms with van der Waals surface area (Å²) in [5.74, 6) is -1.64. The van der Waals surface area contributed by atoms with Crippen LogP contribution >= 0.6 is 0 Å². The molecule has 0 aliphatic heterocycles. The number of allylic oxidation sites excluding steroid dienone is 2. The monoisotopic (exact) mass is 504 g/mol. The van der Waals surface area contributed by atoms with Crippen LogP contribution in [0.25, 0.3) is 0 Å². The Morgan fingerprint density at radius 2 is 1.81 bits per heavy atom. The average molecular weight is 505 g/mol. The summed E-state index contributed by atoms with van der Waals surface area (Å²) < 4.78 is 16.2. The van der Waals surface area contributed by atoms with Crippen LogP contribution in [0.5, 0.6) is 0 Å². The number of amides is 2. The molecule has 0 radical (unpaired) electrons. The fourth-order valence-electron chi connectivity index (χ4n) is 3.21. The van der Waals surface area contributed by atoms with Gasteiger partial charge in [0.05, 0.1) is 45.0 Å². The van der Waals surface area contributed by atoms with Gasteiger partial charge in [-0.05, 0) is 24.8 Å². The van der Waals surface area contributed by atoms with Crippen LogP contribution in [-0.4, -0.2) is 68.5 Å². The van der Waals surface area contributed by atoms with Gasteiger partial charge in [-0.15, -0.1) is 13.2 Å². The third-order valence-electron chi connectivity index (χ3n) is 5.07. The topological polar surface area (TPSA) is 123 Å². The molecule has 0 aromatic heterocycles. The summed E-state index contributed by atoms with van der Waals surface area (Å²) in [6, 6.07) is 9.02. The van der Waals surface area contributed by atoms with Gasteiger partial charge in [-0.25, -0.2) is 0 Å². The van der Waals surface area contributed by atoms with E-state index in [1.165, 1.54) is 0 Å². The van der Waals surface area contributed by atoms with Gasteiger partial charge in [0, 0.05) is 19.4 Å². The molecule has 0 aliphatic carbocycles. The number of ether oxygens (including phenoxy) is 3. The summed E-state index contributed by atoms with van der Waals surface area (Å²) in [5, 5.41) is 14.3. The normalized spacial score (nSPS) is 12.2. The van der Waals surface area contributed by atoms with Crippen LogP contribution < -0.4 is 10.6 Å². The number of hydrogen-bond acceptors (Lipinski definition) is 7. The summed E-state index contributed by atoms with van der Waals surface area (Å²) in [7, 11) is 0. The first-order valence-corrected chi connectivity index (χ1v) is 12.2. The van der Waals surface area contributed by atoms with Crippen molar-refractivity contribution in [2.24, 2.45) is 5.92 Å². The second-order valence-electron chi connectivity index (χ2n) is 8.18. The van der Waals surface area contributed by atoms with Crippen LogP contribution in [-0.2, 0) is 35.2 Å². The lowest BCUT2D eigenvalue weighted by molar-refractivity contribution is -0.146. The lowest BCUT2D eigenvalue weighted by atomic mass is 9.99. The minimum atomic E-state index is -0.638. The predicted octanol–water partition coefficient (Wildman–Crippen LogP) is 2.30. The number of carbonyl (C=O) groups excluding carboxylic acids is 3. The van der Waals surface area contributed by atoms with E-state index in [0.29, 0.717) is 25.9 Å². The third-order valence-corrected chi connectivity index (χ3v) is 5.07. The summed E-state index contributed by atoms with van der Waals surface area (Å²) >= 11 is 0. The van der Waals surface area contributed by atoms with Crippen LogP contribution in [0.1, 0.15) is 37.7 Å². The van der Waals surface area contributed by atoms with E-state index in [9.17, 15) is 14.4 Å². The van der Waals surface area contributed by atoms with Crippen molar-refractivity contribution in [1.82, 2.24) is 10.6 Å². The van der Waals surface area contributed by atoms with Crippen LogP contribution in [0.4, 0.5) is 0 Å². The zero-order valence-electron chi connectivity index (χ0n) is 21.0. The van der Waals surface area contributed by atoms with E-state index in [-0.39, 0.29) is 70.2 Å². The summed E-state index contributed by atoms with van der Waals surface area (Å²) in [6.45, 7) is 8.42. The van der Waals surface area contributed by atoms with Crippen molar-refractivity contribution in [2.45, 2.75) is 44.8 Å². The van der Waals surface area contributed by atoms with Gasteiger partial charge in [0.2, 0.25) is 11.8 Å². The lowest BCUT2D eigenvalue weighted by Crippen LogP contribution is -2.45. The Kier molecular flexibility index (Phi) is 17.4. The van der Waals surface area contributed by atoms with Crippen LogP contribution in [0, 0.1) is 5.92 Å². The number of carbonyl (C=O) groups is 3. The Balaban J connectivity index is 2.65. The van der Waals surface area contributed by atoms with Crippen molar-refractivity contribution in [1.29, 1.82) is 0 Å². The molecule has 2 unspecified atom stereocenters. The number of aliphatic hydroxyl groups is 1. The van der Waals surface area contributed by atoms with Crippen molar-refractivity contribution >= 4 is 17.8 Å². The van der Waals surface area contributed by atoms with Gasteiger partial charge in [0.1, 0.15) is 6.61 Å². The number of esters is 1. The number of benzene rings is 1. The van der Waals surface area contributed by atoms with E-state index in [4.69, 9.17) is 19.3 Å². The summed E-state index contributed by atoms with van der Waals surface area (Å²) in [4.78, 5) is 37.3. The molecule has 1 rings (SSSR count). The molecule has 0 saturated heterocycles. The number of nitrogens with one attached hydrogen (secondary N) is 2. The van der Waals surface area contributed by atoms with Gasteiger partial charge in [0.25, 0.3) is 0 Å². The molecule has 200 valence electrons. The molecule has 0 fully saturated rings. The molecule has 1 aromatic rings. The zero-order valence-corrected chi connectivity index (χ0v) is 21.0. The van der Waals surface area contributed by atoms with Crippen LogP contribution in [0.3, 0.4) is 0 Å². The Hall–Kier alpha value is -3.01. The second kappa shape index (κ2) is 20.2. The van der Waals surface area contributed by atoms with Crippen molar-refractivity contribution in [3.8, 4) is 0 Å². The van der Waals surface area contributed by atoms with Gasteiger partial charge >= 0.3 is 5.97 Å². The largest absolute Gasteiger partial charge is 0.463 e. The van der Waals surface area contributed by atoms with Crippen molar-refractivity contribution < 1.29 is 33.7 Å². The number of unbranched alkanes of at least 4 members (excludes halogenated alkanes) is 1. The van der Waals surface area contributed by atoms with E-state index < -0.39 is 12.0 Å². The van der Waals surface area contributed by atoms with E-state index in [1.54, 1.807) is 12.2 Å². The van der Waals surface area contributed by atoms with Gasteiger partial charge in [-0.1, -0.05) is 42.5 Å². The molecule has 9 heteroatoms. The van der Waals surface area contributed by atoms with E-state index in [2.05, 4.69) is 23.8 Å². The molecule has 0 heterocycles. The Bertz CT molecular complexity index is 786. The molecule has 0 saturated carbocycles. The first kappa shape index (κ1) is 31.0. The molecule has 2 amide bonds. The van der Waals surface area contributed by atoms with E-state index >= 15 is 0 Å². The first-order valence-electron chi connectivity index (χ1n) is 12.2. The molecular weight excluding hydrogens is 464 g/mol. The molecule has 0 spiro atoms. The summed E-state index contributed by atoms with van der Waals surface area (Å²) in [6.07, 6.45) is 5.22. The molecule has 0 aliphatic rings. The summed E-state index contributed by atoms with van der Waals surface area (Å²) in [5.41, 5.74) is 0.980. The maximum Gasteiger partial charge on any atom is 0.305 e. The Morgan fingerprint density at radius 1 is 1.03 bits per heavy atom. The molecule has 0 bridgehead atoms. The molecule has 3 N–H and O–H groups in total. The highest BCUT2D eigenvalue weighted by atomic mass is 16.5. The van der Waals surface area contributed by atoms with Crippen LogP contribution in [0.2, 0.25) is 0 Å². The van der Waals surface area contributed by atoms with Gasteiger partial charge < -0.3 is 30.0 Å². The number of aliphatic hydroxyl groups excluding tert-OH is 1. The Morgan fingerprint density at radius 3 is 2.50 bits per heavy atom. The fourth-order valence-corrected chi connectivity index (χ4v) is 3.21. The fraction of sp³-hybridized carbons (Fsp3) is 0.519. The highest BCUT2D eigenvalue weighted by molar-refractivity contribution is 5.86. The Labute approximate surface area is 213 Å². The maximum absolute atomic E-state index is 13.0.